The Morgan fingerprint density at radius 1 is 0.828 bits per heavy atom. The number of imidazole rings is 1. The summed E-state index contributed by atoms with van der Waals surface area (Å²) in [5, 5.41) is 3.86. The van der Waals surface area contributed by atoms with E-state index >= 15 is 0 Å². The highest BCUT2D eigenvalue weighted by Crippen LogP contribution is 2.40. The van der Waals surface area contributed by atoms with Crippen molar-refractivity contribution in [2.24, 2.45) is 0 Å². The Labute approximate surface area is 171 Å². The fourth-order valence-electron chi connectivity index (χ4n) is 5.07. The normalized spacial score (nSPS) is 16.0. The maximum atomic E-state index is 5.02. The third-order valence-corrected chi connectivity index (χ3v) is 6.54. The van der Waals surface area contributed by atoms with Crippen molar-refractivity contribution in [2.75, 3.05) is 5.32 Å². The molecule has 0 aliphatic heterocycles. The van der Waals surface area contributed by atoms with Crippen LogP contribution in [0.4, 0.5) is 5.82 Å². The van der Waals surface area contributed by atoms with Crippen molar-refractivity contribution in [3.63, 3.8) is 0 Å². The molecule has 2 heterocycles. The van der Waals surface area contributed by atoms with Gasteiger partial charge in [0, 0.05) is 17.8 Å². The van der Waals surface area contributed by atoms with E-state index in [9.17, 15) is 0 Å². The maximum absolute atomic E-state index is 5.02. The lowest BCUT2D eigenvalue weighted by molar-refractivity contribution is 0.462. The van der Waals surface area contributed by atoms with E-state index in [0.717, 1.165) is 23.6 Å². The van der Waals surface area contributed by atoms with Crippen molar-refractivity contribution < 1.29 is 0 Å². The number of hydrogen-bond acceptors (Lipinski definition) is 2. The van der Waals surface area contributed by atoms with Crippen LogP contribution in [0.25, 0.3) is 28.0 Å². The average molecular weight is 380 g/mol. The van der Waals surface area contributed by atoms with Crippen molar-refractivity contribution in [3.8, 4) is 22.4 Å². The molecule has 144 valence electrons. The molecule has 4 aromatic rings. The van der Waals surface area contributed by atoms with Gasteiger partial charge in [0.05, 0.1) is 0 Å². The summed E-state index contributed by atoms with van der Waals surface area (Å²) in [6.07, 6.45) is 9.64. The standard InChI is InChI=1S/C26H25N3/c1-2-9-21(10-3-1)27-26-25(28-24-12-6-7-15-29(24)26)19-13-14-23-20(17-19)16-18-8-4-5-11-22(18)23/h4-8,11-15,17,21,27H,1-3,9-10,16H2. The van der Waals surface area contributed by atoms with Crippen molar-refractivity contribution in [3.05, 3.63) is 78.0 Å². The molecule has 0 radical (unpaired) electrons. The molecule has 0 spiro atoms. The average Bonchev–Trinajstić information content (AvgIpc) is 3.32. The first-order valence-electron chi connectivity index (χ1n) is 10.8. The second-order valence-electron chi connectivity index (χ2n) is 8.42. The van der Waals surface area contributed by atoms with Gasteiger partial charge in [0.15, 0.2) is 0 Å². The quantitative estimate of drug-likeness (QED) is 0.398. The van der Waals surface area contributed by atoms with Crippen molar-refractivity contribution in [2.45, 2.75) is 44.6 Å². The molecule has 1 fully saturated rings. The predicted molar refractivity (Wildman–Crippen MR) is 119 cm³/mol. The fourth-order valence-corrected chi connectivity index (χ4v) is 5.07. The lowest BCUT2D eigenvalue weighted by atomic mass is 9.95. The van der Waals surface area contributed by atoms with Crippen LogP contribution in [-0.4, -0.2) is 15.4 Å². The molecule has 0 bridgehead atoms. The van der Waals surface area contributed by atoms with Crippen LogP contribution < -0.4 is 5.32 Å². The van der Waals surface area contributed by atoms with E-state index in [2.05, 4.69) is 76.6 Å². The molecule has 6 rings (SSSR count). The Balaban J connectivity index is 1.45. The minimum absolute atomic E-state index is 0.543. The lowest BCUT2D eigenvalue weighted by Gasteiger charge is -2.24. The van der Waals surface area contributed by atoms with Gasteiger partial charge in [0.2, 0.25) is 0 Å². The van der Waals surface area contributed by atoms with Crippen LogP contribution >= 0.6 is 0 Å². The molecule has 2 aliphatic rings. The molecule has 2 aromatic carbocycles. The van der Waals surface area contributed by atoms with Gasteiger partial charge in [-0.3, -0.25) is 4.40 Å². The van der Waals surface area contributed by atoms with E-state index in [0.29, 0.717) is 6.04 Å². The number of pyridine rings is 1. The van der Waals surface area contributed by atoms with Crippen molar-refractivity contribution in [1.29, 1.82) is 0 Å². The molecule has 29 heavy (non-hydrogen) atoms. The molecule has 2 aromatic heterocycles. The van der Waals surface area contributed by atoms with Gasteiger partial charge in [0.1, 0.15) is 17.2 Å². The van der Waals surface area contributed by atoms with E-state index in [4.69, 9.17) is 4.98 Å². The number of anilines is 1. The Hall–Kier alpha value is -3.07. The van der Waals surface area contributed by atoms with Crippen molar-refractivity contribution in [1.82, 2.24) is 9.38 Å². The lowest BCUT2D eigenvalue weighted by Crippen LogP contribution is -2.23. The van der Waals surface area contributed by atoms with Crippen LogP contribution in [0.15, 0.2) is 66.9 Å². The summed E-state index contributed by atoms with van der Waals surface area (Å²) in [5.41, 5.74) is 8.86. The van der Waals surface area contributed by atoms with Gasteiger partial charge in [-0.05, 0) is 59.7 Å². The number of aromatic nitrogens is 2. The monoisotopic (exact) mass is 379 g/mol. The minimum Gasteiger partial charge on any atom is -0.367 e. The first-order valence-corrected chi connectivity index (χ1v) is 10.8. The van der Waals surface area contributed by atoms with Crippen LogP contribution in [-0.2, 0) is 6.42 Å². The van der Waals surface area contributed by atoms with Crippen molar-refractivity contribution >= 4 is 11.5 Å². The molecule has 0 atom stereocenters. The Bertz CT molecular complexity index is 1200. The second kappa shape index (κ2) is 6.77. The second-order valence-corrected chi connectivity index (χ2v) is 8.42. The molecule has 0 unspecified atom stereocenters. The smallest absolute Gasteiger partial charge is 0.139 e. The zero-order chi connectivity index (χ0) is 19.2. The van der Waals surface area contributed by atoms with Gasteiger partial charge in [0.25, 0.3) is 0 Å². The number of hydrogen-bond donors (Lipinski definition) is 1. The predicted octanol–water partition coefficient (Wildman–Crippen LogP) is 6.32. The van der Waals surface area contributed by atoms with Crippen LogP contribution in [0.1, 0.15) is 43.2 Å². The molecular weight excluding hydrogens is 354 g/mol. The summed E-state index contributed by atoms with van der Waals surface area (Å²) >= 11 is 0. The molecule has 3 heteroatoms. The van der Waals surface area contributed by atoms with Gasteiger partial charge in [-0.2, -0.15) is 0 Å². The Morgan fingerprint density at radius 2 is 1.66 bits per heavy atom. The van der Waals surface area contributed by atoms with E-state index in [1.54, 1.807) is 0 Å². The highest BCUT2D eigenvalue weighted by Gasteiger charge is 2.22. The zero-order valence-corrected chi connectivity index (χ0v) is 16.6. The summed E-state index contributed by atoms with van der Waals surface area (Å²) in [7, 11) is 0. The largest absolute Gasteiger partial charge is 0.367 e. The molecule has 1 saturated carbocycles. The number of benzene rings is 2. The molecule has 0 amide bonds. The summed E-state index contributed by atoms with van der Waals surface area (Å²) < 4.78 is 2.21. The van der Waals surface area contributed by atoms with Crippen LogP contribution in [0.2, 0.25) is 0 Å². The maximum Gasteiger partial charge on any atom is 0.139 e. The molecule has 3 nitrogen and oxygen atoms in total. The third-order valence-electron chi connectivity index (χ3n) is 6.54. The highest BCUT2D eigenvalue weighted by atomic mass is 15.1. The highest BCUT2D eigenvalue weighted by molar-refractivity contribution is 5.83. The topological polar surface area (TPSA) is 29.3 Å². The van der Waals surface area contributed by atoms with E-state index in [1.165, 1.54) is 59.9 Å². The van der Waals surface area contributed by atoms with Gasteiger partial charge in [-0.1, -0.05) is 61.7 Å². The summed E-state index contributed by atoms with van der Waals surface area (Å²) in [5.74, 6) is 1.14. The van der Waals surface area contributed by atoms with Crippen LogP contribution in [0, 0.1) is 0 Å². The first kappa shape index (κ1) is 16.8. The Morgan fingerprint density at radius 3 is 2.59 bits per heavy atom. The van der Waals surface area contributed by atoms with Gasteiger partial charge in [-0.25, -0.2) is 4.98 Å². The molecule has 1 N–H and O–H groups in total. The van der Waals surface area contributed by atoms with E-state index in [1.807, 2.05) is 0 Å². The van der Waals surface area contributed by atoms with Crippen LogP contribution in [0.5, 0.6) is 0 Å². The van der Waals surface area contributed by atoms with E-state index in [-0.39, 0.29) is 0 Å². The summed E-state index contributed by atoms with van der Waals surface area (Å²) in [4.78, 5) is 5.02. The third kappa shape index (κ3) is 2.84. The molecule has 0 saturated heterocycles. The first-order chi connectivity index (χ1) is 14.4. The van der Waals surface area contributed by atoms with Crippen LogP contribution in [0.3, 0.4) is 0 Å². The Kier molecular flexibility index (Phi) is 3.93. The zero-order valence-electron chi connectivity index (χ0n) is 16.6. The fraction of sp³-hybridized carbons (Fsp3) is 0.269. The molecular formula is C26H25N3. The number of nitrogens with zero attached hydrogens (tertiary/aromatic N) is 2. The number of fused-ring (bicyclic) bond motifs is 4. The number of nitrogens with one attached hydrogen (secondary N) is 1. The van der Waals surface area contributed by atoms with Gasteiger partial charge in [-0.15, -0.1) is 0 Å². The summed E-state index contributed by atoms with van der Waals surface area (Å²) in [6, 6.07) is 22.4. The van der Waals surface area contributed by atoms with E-state index < -0.39 is 0 Å². The number of rotatable bonds is 3. The SMILES string of the molecule is c1ccc2c(c1)Cc1cc(-c3nc4ccccn4c3NC3CCCCC3)ccc1-2. The summed E-state index contributed by atoms with van der Waals surface area (Å²) in [6.45, 7) is 0. The minimum atomic E-state index is 0.543. The van der Waals surface area contributed by atoms with Gasteiger partial charge < -0.3 is 5.32 Å². The van der Waals surface area contributed by atoms with Gasteiger partial charge >= 0.3 is 0 Å². The molecule has 2 aliphatic carbocycles.